The van der Waals surface area contributed by atoms with E-state index in [1.165, 1.54) is 10.9 Å². The van der Waals surface area contributed by atoms with Gasteiger partial charge >= 0.3 is 0 Å². The molecule has 0 aromatic carbocycles. The molecule has 56 valence electrons. The maximum absolute atomic E-state index is 11.8. The van der Waals surface area contributed by atoms with Gasteiger partial charge in [0.1, 0.15) is 18.5 Å². The predicted octanol–water partition coefficient (Wildman–Crippen LogP) is -0.182. The third kappa shape index (κ3) is 1.30. The first kappa shape index (κ1) is 7.14. The van der Waals surface area contributed by atoms with E-state index >= 15 is 0 Å². The summed E-state index contributed by atoms with van der Waals surface area (Å²) in [5.41, 5.74) is 0.269. The maximum Gasteiger partial charge on any atom is 0.128 e. The summed E-state index contributed by atoms with van der Waals surface area (Å²) in [6.45, 7) is -0.821. The Balaban J connectivity index is 2.74. The predicted molar refractivity (Wildman–Crippen MR) is 31.9 cm³/mol. The smallest absolute Gasteiger partial charge is 0.128 e. The molecule has 0 amide bonds. The first-order valence-electron chi connectivity index (χ1n) is 2.84. The van der Waals surface area contributed by atoms with Crippen molar-refractivity contribution >= 4 is 0 Å². The number of hydrogen-bond acceptors (Lipinski definition) is 3. The summed E-state index contributed by atoms with van der Waals surface area (Å²) in [6.07, 6.45) is 0.346. The summed E-state index contributed by atoms with van der Waals surface area (Å²) in [5.74, 6) is 0. The van der Waals surface area contributed by atoms with Crippen molar-refractivity contribution in [2.75, 3.05) is 6.67 Å². The van der Waals surface area contributed by atoms with Gasteiger partial charge in [0.25, 0.3) is 0 Å². The summed E-state index contributed by atoms with van der Waals surface area (Å²) in [6, 6.07) is 0. The molecular formula is C5H8FN3O. The van der Waals surface area contributed by atoms with Gasteiger partial charge in [0.15, 0.2) is 0 Å². The van der Waals surface area contributed by atoms with Crippen LogP contribution in [0.4, 0.5) is 4.39 Å². The van der Waals surface area contributed by atoms with Crippen molar-refractivity contribution in [3.8, 4) is 0 Å². The van der Waals surface area contributed by atoms with Crippen molar-refractivity contribution in [1.29, 1.82) is 0 Å². The molecule has 1 aromatic heterocycles. The van der Waals surface area contributed by atoms with Gasteiger partial charge in [0.2, 0.25) is 0 Å². The number of halogens is 1. The van der Waals surface area contributed by atoms with Gasteiger partial charge in [-0.25, -0.2) is 4.39 Å². The molecule has 0 spiro atoms. The van der Waals surface area contributed by atoms with E-state index in [2.05, 4.69) is 10.3 Å². The highest BCUT2D eigenvalue weighted by molar-refractivity contribution is 4.96. The number of aryl methyl sites for hydroxylation is 1. The SMILES string of the molecule is Cn1cc(C(O)CF)nn1. The fraction of sp³-hybridized carbons (Fsp3) is 0.600. The number of aliphatic hydroxyl groups excluding tert-OH is 1. The van der Waals surface area contributed by atoms with Gasteiger partial charge in [0, 0.05) is 7.05 Å². The Bertz CT molecular complexity index is 212. The van der Waals surface area contributed by atoms with Crippen molar-refractivity contribution < 1.29 is 9.50 Å². The standard InChI is InChI=1S/C5H8FN3O/c1-9-3-4(7-8-9)5(10)2-6/h3,5,10H,2H2,1H3. The monoisotopic (exact) mass is 145 g/mol. The average Bonchev–Trinajstić information content (AvgIpc) is 2.34. The zero-order valence-corrected chi connectivity index (χ0v) is 5.53. The van der Waals surface area contributed by atoms with E-state index < -0.39 is 12.8 Å². The van der Waals surface area contributed by atoms with Crippen LogP contribution in [0, 0.1) is 0 Å². The third-order valence-electron chi connectivity index (χ3n) is 1.11. The van der Waals surface area contributed by atoms with E-state index in [0.29, 0.717) is 0 Å². The number of alkyl halides is 1. The van der Waals surface area contributed by atoms with Crippen molar-refractivity contribution in [2.24, 2.45) is 7.05 Å². The van der Waals surface area contributed by atoms with E-state index in [-0.39, 0.29) is 5.69 Å². The fourth-order valence-electron chi connectivity index (χ4n) is 0.597. The second kappa shape index (κ2) is 2.74. The number of nitrogens with zero attached hydrogens (tertiary/aromatic N) is 3. The number of rotatable bonds is 2. The van der Waals surface area contributed by atoms with Crippen LogP contribution in [-0.4, -0.2) is 26.8 Å². The number of aliphatic hydroxyl groups is 1. The fourth-order valence-corrected chi connectivity index (χ4v) is 0.597. The van der Waals surface area contributed by atoms with Gasteiger partial charge < -0.3 is 5.11 Å². The Morgan fingerprint density at radius 2 is 2.60 bits per heavy atom. The topological polar surface area (TPSA) is 50.9 Å². The molecule has 1 N–H and O–H groups in total. The summed E-state index contributed by atoms with van der Waals surface area (Å²) in [5, 5.41) is 15.9. The van der Waals surface area contributed by atoms with Crippen molar-refractivity contribution in [1.82, 2.24) is 15.0 Å². The molecule has 5 heteroatoms. The summed E-state index contributed by atoms with van der Waals surface area (Å²) < 4.78 is 13.2. The van der Waals surface area contributed by atoms with Crippen LogP contribution in [0.5, 0.6) is 0 Å². The molecular weight excluding hydrogens is 137 g/mol. The number of hydrogen-bond donors (Lipinski definition) is 1. The van der Waals surface area contributed by atoms with Crippen LogP contribution >= 0.6 is 0 Å². The Kier molecular flexibility index (Phi) is 1.96. The molecule has 1 unspecified atom stereocenters. The van der Waals surface area contributed by atoms with Gasteiger partial charge in [-0.1, -0.05) is 5.21 Å². The highest BCUT2D eigenvalue weighted by atomic mass is 19.1. The molecule has 10 heavy (non-hydrogen) atoms. The maximum atomic E-state index is 11.8. The quantitative estimate of drug-likeness (QED) is 0.628. The van der Waals surface area contributed by atoms with Gasteiger partial charge in [-0.2, -0.15) is 0 Å². The van der Waals surface area contributed by atoms with E-state index in [4.69, 9.17) is 5.11 Å². The zero-order chi connectivity index (χ0) is 7.56. The Morgan fingerprint density at radius 1 is 1.90 bits per heavy atom. The van der Waals surface area contributed by atoms with E-state index in [1.54, 1.807) is 7.05 Å². The number of aromatic nitrogens is 3. The van der Waals surface area contributed by atoms with Crippen LogP contribution in [0.3, 0.4) is 0 Å². The molecule has 4 nitrogen and oxygen atoms in total. The molecule has 0 bridgehead atoms. The van der Waals surface area contributed by atoms with Crippen LogP contribution < -0.4 is 0 Å². The minimum atomic E-state index is -1.13. The molecule has 0 aliphatic carbocycles. The minimum absolute atomic E-state index is 0.269. The first-order chi connectivity index (χ1) is 4.74. The lowest BCUT2D eigenvalue weighted by molar-refractivity contribution is 0.137. The lowest BCUT2D eigenvalue weighted by Gasteiger charge is -1.96. The van der Waals surface area contributed by atoms with Crippen LogP contribution in [-0.2, 0) is 7.05 Å². The molecule has 0 saturated carbocycles. The molecule has 1 aromatic rings. The highest BCUT2D eigenvalue weighted by Crippen LogP contribution is 2.07. The van der Waals surface area contributed by atoms with Gasteiger partial charge in [-0.05, 0) is 0 Å². The van der Waals surface area contributed by atoms with Crippen LogP contribution in [0.15, 0.2) is 6.20 Å². The second-order valence-electron chi connectivity index (χ2n) is 1.99. The molecule has 1 atom stereocenters. The van der Waals surface area contributed by atoms with Crippen molar-refractivity contribution in [2.45, 2.75) is 6.10 Å². The summed E-state index contributed by atoms with van der Waals surface area (Å²) >= 11 is 0. The highest BCUT2D eigenvalue weighted by Gasteiger charge is 2.09. The van der Waals surface area contributed by atoms with Gasteiger partial charge in [0.05, 0.1) is 6.20 Å². The normalized spacial score (nSPS) is 13.5. The van der Waals surface area contributed by atoms with Gasteiger partial charge in [-0.3, -0.25) is 4.68 Å². The lowest BCUT2D eigenvalue weighted by Crippen LogP contribution is -1.99. The molecule has 1 heterocycles. The van der Waals surface area contributed by atoms with Gasteiger partial charge in [-0.15, -0.1) is 5.10 Å². The van der Waals surface area contributed by atoms with E-state index in [9.17, 15) is 4.39 Å². The Morgan fingerprint density at radius 3 is 3.00 bits per heavy atom. The Labute approximate surface area is 57.3 Å². The first-order valence-corrected chi connectivity index (χ1v) is 2.84. The van der Waals surface area contributed by atoms with Crippen LogP contribution in [0.25, 0.3) is 0 Å². The molecule has 0 radical (unpaired) electrons. The molecule has 0 fully saturated rings. The molecule has 0 saturated heterocycles. The lowest BCUT2D eigenvalue weighted by atomic mass is 10.3. The van der Waals surface area contributed by atoms with E-state index in [1.807, 2.05) is 0 Å². The summed E-state index contributed by atoms with van der Waals surface area (Å²) in [4.78, 5) is 0. The van der Waals surface area contributed by atoms with Crippen molar-refractivity contribution in [3.63, 3.8) is 0 Å². The average molecular weight is 145 g/mol. The van der Waals surface area contributed by atoms with E-state index in [0.717, 1.165) is 0 Å². The largest absolute Gasteiger partial charge is 0.384 e. The third-order valence-corrected chi connectivity index (χ3v) is 1.11. The minimum Gasteiger partial charge on any atom is -0.384 e. The molecule has 1 rings (SSSR count). The zero-order valence-electron chi connectivity index (χ0n) is 5.53. The van der Waals surface area contributed by atoms with Crippen LogP contribution in [0.2, 0.25) is 0 Å². The van der Waals surface area contributed by atoms with Crippen molar-refractivity contribution in [3.05, 3.63) is 11.9 Å². The summed E-state index contributed by atoms with van der Waals surface area (Å²) in [7, 11) is 1.65. The molecule has 0 aliphatic heterocycles. The Hall–Kier alpha value is -0.970. The molecule has 0 aliphatic rings. The second-order valence-corrected chi connectivity index (χ2v) is 1.99. The van der Waals surface area contributed by atoms with Crippen LogP contribution in [0.1, 0.15) is 11.8 Å².